The minimum Gasteiger partial charge on any atom is -0.325 e. The number of likely N-dealkylation sites (N-methyl/N-ethyl adjacent to an activating group) is 1. The van der Waals surface area contributed by atoms with Gasteiger partial charge in [-0.3, -0.25) is 9.69 Å². The molecule has 0 spiro atoms. The Labute approximate surface area is 120 Å². The van der Waals surface area contributed by atoms with E-state index in [0.717, 1.165) is 24.7 Å². The Balaban J connectivity index is 1.82. The summed E-state index contributed by atoms with van der Waals surface area (Å²) in [6, 6.07) is 9.01. The fourth-order valence-electron chi connectivity index (χ4n) is 2.38. The van der Waals surface area contributed by atoms with Crippen molar-refractivity contribution in [3.8, 4) is 6.07 Å². The highest BCUT2D eigenvalue weighted by molar-refractivity contribution is 5.92. The normalized spacial score (nSPS) is 14.7. The van der Waals surface area contributed by atoms with Crippen LogP contribution in [0.5, 0.6) is 0 Å². The zero-order valence-electron chi connectivity index (χ0n) is 11.9. The van der Waals surface area contributed by atoms with Gasteiger partial charge >= 0.3 is 0 Å². The number of amides is 1. The highest BCUT2D eigenvalue weighted by atomic mass is 16.2. The third-order valence-electron chi connectivity index (χ3n) is 3.85. The van der Waals surface area contributed by atoms with Crippen LogP contribution in [0.3, 0.4) is 0 Å². The zero-order valence-corrected chi connectivity index (χ0v) is 11.9. The van der Waals surface area contributed by atoms with Gasteiger partial charge in [0.25, 0.3) is 0 Å². The van der Waals surface area contributed by atoms with Crippen LogP contribution in [0.4, 0.5) is 5.69 Å². The van der Waals surface area contributed by atoms with Crippen LogP contribution in [0.25, 0.3) is 0 Å². The SMILES string of the molecule is CCN(CC(=O)Nc1ccc(C#N)cc1)CC1CCC1. The molecule has 0 unspecified atom stereocenters. The average molecular weight is 271 g/mol. The third kappa shape index (κ3) is 4.07. The fraction of sp³-hybridized carbons (Fsp3) is 0.500. The molecule has 1 saturated carbocycles. The summed E-state index contributed by atoms with van der Waals surface area (Å²) in [5.41, 5.74) is 1.34. The molecule has 1 aromatic rings. The Morgan fingerprint density at radius 2 is 2.10 bits per heavy atom. The number of benzene rings is 1. The summed E-state index contributed by atoms with van der Waals surface area (Å²) in [6.07, 6.45) is 3.93. The molecule has 4 nitrogen and oxygen atoms in total. The van der Waals surface area contributed by atoms with Gasteiger partial charge in [-0.05, 0) is 49.6 Å². The van der Waals surface area contributed by atoms with E-state index >= 15 is 0 Å². The summed E-state index contributed by atoms with van der Waals surface area (Å²) < 4.78 is 0. The molecule has 1 aliphatic carbocycles. The van der Waals surface area contributed by atoms with Crippen molar-refractivity contribution in [2.24, 2.45) is 5.92 Å². The first kappa shape index (κ1) is 14.5. The van der Waals surface area contributed by atoms with Gasteiger partial charge in [-0.1, -0.05) is 13.3 Å². The standard InChI is InChI=1S/C16H21N3O/c1-2-19(11-14-4-3-5-14)12-16(20)18-15-8-6-13(10-17)7-9-15/h6-9,14H,2-5,11-12H2,1H3,(H,18,20). The number of carbonyl (C=O) groups is 1. The number of hydrogen-bond acceptors (Lipinski definition) is 3. The largest absolute Gasteiger partial charge is 0.325 e. The van der Waals surface area contributed by atoms with Crippen molar-refractivity contribution < 1.29 is 4.79 Å². The number of carbonyl (C=O) groups excluding carboxylic acids is 1. The maximum atomic E-state index is 12.0. The molecule has 20 heavy (non-hydrogen) atoms. The van der Waals surface area contributed by atoms with Gasteiger partial charge in [-0.2, -0.15) is 5.26 Å². The number of hydrogen-bond donors (Lipinski definition) is 1. The van der Waals surface area contributed by atoms with Crippen molar-refractivity contribution in [1.29, 1.82) is 5.26 Å². The second-order valence-electron chi connectivity index (χ2n) is 5.36. The first-order valence-electron chi connectivity index (χ1n) is 7.23. The molecule has 2 rings (SSSR count). The lowest BCUT2D eigenvalue weighted by Gasteiger charge is -2.31. The van der Waals surface area contributed by atoms with E-state index in [1.807, 2.05) is 0 Å². The van der Waals surface area contributed by atoms with Gasteiger partial charge < -0.3 is 5.32 Å². The number of nitrogens with one attached hydrogen (secondary N) is 1. The second-order valence-corrected chi connectivity index (χ2v) is 5.36. The summed E-state index contributed by atoms with van der Waals surface area (Å²) in [5, 5.41) is 11.6. The molecule has 0 radical (unpaired) electrons. The van der Waals surface area contributed by atoms with Gasteiger partial charge in [0.05, 0.1) is 18.2 Å². The van der Waals surface area contributed by atoms with Crippen LogP contribution >= 0.6 is 0 Å². The van der Waals surface area contributed by atoms with Crippen LogP contribution in [0.1, 0.15) is 31.7 Å². The van der Waals surface area contributed by atoms with Crippen LogP contribution in [-0.2, 0) is 4.79 Å². The summed E-state index contributed by atoms with van der Waals surface area (Å²) in [6.45, 7) is 4.45. The van der Waals surface area contributed by atoms with Crippen LogP contribution < -0.4 is 5.32 Å². The molecule has 106 valence electrons. The Bertz CT molecular complexity index is 485. The average Bonchev–Trinajstić information content (AvgIpc) is 2.42. The van der Waals surface area contributed by atoms with Gasteiger partial charge in [0, 0.05) is 12.2 Å². The quantitative estimate of drug-likeness (QED) is 0.865. The van der Waals surface area contributed by atoms with E-state index in [1.165, 1.54) is 19.3 Å². The molecule has 0 bridgehead atoms. The van der Waals surface area contributed by atoms with Crippen LogP contribution in [0.15, 0.2) is 24.3 Å². The highest BCUT2D eigenvalue weighted by Crippen LogP contribution is 2.26. The van der Waals surface area contributed by atoms with E-state index in [0.29, 0.717) is 12.1 Å². The summed E-state index contributed by atoms with van der Waals surface area (Å²) in [5.74, 6) is 0.786. The Morgan fingerprint density at radius 3 is 2.60 bits per heavy atom. The molecule has 1 aromatic carbocycles. The molecule has 1 amide bonds. The first-order chi connectivity index (χ1) is 9.71. The van der Waals surface area contributed by atoms with Gasteiger partial charge in [-0.15, -0.1) is 0 Å². The molecule has 0 heterocycles. The van der Waals surface area contributed by atoms with Crippen molar-refractivity contribution in [3.05, 3.63) is 29.8 Å². The van der Waals surface area contributed by atoms with E-state index in [9.17, 15) is 4.79 Å². The maximum absolute atomic E-state index is 12.0. The molecule has 1 N–H and O–H groups in total. The van der Waals surface area contributed by atoms with Crippen LogP contribution in [0, 0.1) is 17.2 Å². The zero-order chi connectivity index (χ0) is 14.4. The summed E-state index contributed by atoms with van der Waals surface area (Å²) in [4.78, 5) is 14.2. The van der Waals surface area contributed by atoms with E-state index < -0.39 is 0 Å². The van der Waals surface area contributed by atoms with Gasteiger partial charge in [0.2, 0.25) is 5.91 Å². The Kier molecular flexibility index (Phi) is 5.14. The minimum atomic E-state index is 0.0101. The van der Waals surface area contributed by atoms with E-state index in [4.69, 9.17) is 5.26 Å². The molecule has 0 aliphatic heterocycles. The second kappa shape index (κ2) is 7.06. The Hall–Kier alpha value is -1.86. The molecule has 0 atom stereocenters. The molecular weight excluding hydrogens is 250 g/mol. The maximum Gasteiger partial charge on any atom is 0.238 e. The third-order valence-corrected chi connectivity index (χ3v) is 3.85. The van der Waals surface area contributed by atoms with E-state index in [2.05, 4.69) is 23.2 Å². The van der Waals surface area contributed by atoms with Crippen molar-refractivity contribution in [3.63, 3.8) is 0 Å². The molecule has 0 saturated heterocycles. The number of nitriles is 1. The van der Waals surface area contributed by atoms with Crippen molar-refractivity contribution in [2.75, 3.05) is 25.0 Å². The van der Waals surface area contributed by atoms with Crippen molar-refractivity contribution in [2.45, 2.75) is 26.2 Å². The predicted octanol–water partition coefficient (Wildman–Crippen LogP) is 2.62. The molecule has 4 heteroatoms. The number of anilines is 1. The summed E-state index contributed by atoms with van der Waals surface area (Å²) >= 11 is 0. The lowest BCUT2D eigenvalue weighted by atomic mass is 9.85. The van der Waals surface area contributed by atoms with Gasteiger partial charge in [0.15, 0.2) is 0 Å². The minimum absolute atomic E-state index is 0.0101. The fourth-order valence-corrected chi connectivity index (χ4v) is 2.38. The van der Waals surface area contributed by atoms with Crippen LogP contribution in [-0.4, -0.2) is 30.4 Å². The molecule has 1 fully saturated rings. The molecule has 1 aliphatic rings. The predicted molar refractivity (Wildman–Crippen MR) is 79.2 cm³/mol. The molecule has 0 aromatic heterocycles. The monoisotopic (exact) mass is 271 g/mol. The van der Waals surface area contributed by atoms with Gasteiger partial charge in [-0.25, -0.2) is 0 Å². The number of rotatable bonds is 6. The number of nitrogens with zero attached hydrogens (tertiary/aromatic N) is 2. The van der Waals surface area contributed by atoms with Crippen LogP contribution in [0.2, 0.25) is 0 Å². The van der Waals surface area contributed by atoms with Crippen molar-refractivity contribution >= 4 is 11.6 Å². The first-order valence-corrected chi connectivity index (χ1v) is 7.23. The smallest absolute Gasteiger partial charge is 0.238 e. The lowest BCUT2D eigenvalue weighted by Crippen LogP contribution is -2.38. The summed E-state index contributed by atoms with van der Waals surface area (Å²) in [7, 11) is 0. The van der Waals surface area contributed by atoms with E-state index in [1.54, 1.807) is 24.3 Å². The van der Waals surface area contributed by atoms with Gasteiger partial charge in [0.1, 0.15) is 0 Å². The van der Waals surface area contributed by atoms with Crippen molar-refractivity contribution in [1.82, 2.24) is 4.90 Å². The lowest BCUT2D eigenvalue weighted by molar-refractivity contribution is -0.117. The Morgan fingerprint density at radius 1 is 1.40 bits per heavy atom. The topological polar surface area (TPSA) is 56.1 Å². The molecular formula is C16H21N3O. The highest BCUT2D eigenvalue weighted by Gasteiger charge is 2.21. The van der Waals surface area contributed by atoms with E-state index in [-0.39, 0.29) is 5.91 Å².